The third kappa shape index (κ3) is 5.60. The number of benzene rings is 1. The predicted octanol–water partition coefficient (Wildman–Crippen LogP) is 2.98. The maximum Gasteiger partial charge on any atom is 0.280 e. The molecule has 0 bridgehead atoms. The van der Waals surface area contributed by atoms with Crippen molar-refractivity contribution in [2.24, 2.45) is 0 Å². The molecule has 31 heavy (non-hydrogen) atoms. The summed E-state index contributed by atoms with van der Waals surface area (Å²) in [4.78, 5) is 20.2. The minimum atomic E-state index is -3.94. The Labute approximate surface area is 177 Å². The van der Waals surface area contributed by atoms with E-state index in [1.807, 2.05) is 0 Å². The Morgan fingerprint density at radius 1 is 1.03 bits per heavy atom. The summed E-state index contributed by atoms with van der Waals surface area (Å²) in [5, 5.41) is 6.41. The lowest BCUT2D eigenvalue weighted by Gasteiger charge is -2.10. The van der Waals surface area contributed by atoms with Gasteiger partial charge in [-0.3, -0.25) is 9.48 Å². The molecule has 0 aliphatic heterocycles. The minimum Gasteiger partial charge on any atom is -0.324 e. The SMILES string of the molecule is Cc1cc(C)nc(NS(=O)(=O)c2ccc(NC(=O)Cn3nc(C)cc3C(F)F)cc2)n1. The normalized spacial score (nSPS) is 11.5. The van der Waals surface area contributed by atoms with Crippen LogP contribution in [0.3, 0.4) is 0 Å². The van der Waals surface area contributed by atoms with Crippen molar-refractivity contribution in [2.45, 2.75) is 38.6 Å². The van der Waals surface area contributed by atoms with Gasteiger partial charge in [-0.25, -0.2) is 31.9 Å². The van der Waals surface area contributed by atoms with Crippen LogP contribution in [-0.2, 0) is 21.4 Å². The van der Waals surface area contributed by atoms with Gasteiger partial charge in [0.15, 0.2) is 0 Å². The van der Waals surface area contributed by atoms with Gasteiger partial charge in [0, 0.05) is 17.1 Å². The molecule has 9 nitrogen and oxygen atoms in total. The van der Waals surface area contributed by atoms with Gasteiger partial charge in [0.05, 0.1) is 10.6 Å². The van der Waals surface area contributed by atoms with E-state index < -0.39 is 28.9 Å². The van der Waals surface area contributed by atoms with E-state index in [4.69, 9.17) is 0 Å². The number of sulfonamides is 1. The van der Waals surface area contributed by atoms with Crippen molar-refractivity contribution in [1.29, 1.82) is 0 Å². The lowest BCUT2D eigenvalue weighted by atomic mass is 10.3. The number of rotatable bonds is 7. The smallest absolute Gasteiger partial charge is 0.280 e. The Morgan fingerprint density at radius 2 is 1.65 bits per heavy atom. The molecular weight excluding hydrogens is 430 g/mol. The molecule has 0 fully saturated rings. The molecule has 12 heteroatoms. The molecule has 0 atom stereocenters. The van der Waals surface area contributed by atoms with Gasteiger partial charge < -0.3 is 5.32 Å². The summed E-state index contributed by atoms with van der Waals surface area (Å²) in [7, 11) is -3.94. The molecule has 1 aromatic carbocycles. The third-order valence-corrected chi connectivity index (χ3v) is 5.45. The average Bonchev–Trinajstić information content (AvgIpc) is 3.01. The lowest BCUT2D eigenvalue weighted by molar-refractivity contribution is -0.117. The van der Waals surface area contributed by atoms with Gasteiger partial charge in [0.1, 0.15) is 12.2 Å². The summed E-state index contributed by atoms with van der Waals surface area (Å²) in [5.41, 5.74) is 1.55. The Hall–Kier alpha value is -3.41. The molecule has 0 unspecified atom stereocenters. The van der Waals surface area contributed by atoms with Crippen LogP contribution in [0, 0.1) is 20.8 Å². The predicted molar refractivity (Wildman–Crippen MR) is 109 cm³/mol. The highest BCUT2D eigenvalue weighted by Crippen LogP contribution is 2.20. The zero-order chi connectivity index (χ0) is 22.8. The lowest BCUT2D eigenvalue weighted by Crippen LogP contribution is -2.21. The van der Waals surface area contributed by atoms with Crippen LogP contribution in [0.25, 0.3) is 0 Å². The number of anilines is 2. The van der Waals surface area contributed by atoms with Gasteiger partial charge in [0.2, 0.25) is 11.9 Å². The maximum absolute atomic E-state index is 13.0. The van der Waals surface area contributed by atoms with E-state index in [9.17, 15) is 22.0 Å². The number of aromatic nitrogens is 4. The largest absolute Gasteiger partial charge is 0.324 e. The van der Waals surface area contributed by atoms with E-state index in [2.05, 4.69) is 25.1 Å². The van der Waals surface area contributed by atoms with Crippen LogP contribution in [0.4, 0.5) is 20.4 Å². The average molecular weight is 450 g/mol. The molecular formula is C19H20F2N6O3S. The zero-order valence-corrected chi connectivity index (χ0v) is 17.7. The highest BCUT2D eigenvalue weighted by atomic mass is 32.2. The number of nitrogens with zero attached hydrogens (tertiary/aromatic N) is 4. The fourth-order valence-electron chi connectivity index (χ4n) is 2.87. The highest BCUT2D eigenvalue weighted by Gasteiger charge is 2.18. The number of halogens is 2. The summed E-state index contributed by atoms with van der Waals surface area (Å²) in [6.07, 6.45) is -2.76. The number of alkyl halides is 2. The molecule has 1 amide bonds. The van der Waals surface area contributed by atoms with Gasteiger partial charge in [-0.15, -0.1) is 0 Å². The van der Waals surface area contributed by atoms with Crippen LogP contribution in [0.15, 0.2) is 41.3 Å². The molecule has 2 N–H and O–H groups in total. The summed E-state index contributed by atoms with van der Waals surface area (Å²) >= 11 is 0. The van der Waals surface area contributed by atoms with Gasteiger partial charge in [-0.05, 0) is 57.2 Å². The van der Waals surface area contributed by atoms with Crippen molar-refractivity contribution in [3.05, 3.63) is 59.2 Å². The van der Waals surface area contributed by atoms with Gasteiger partial charge in [-0.2, -0.15) is 5.10 Å². The second-order valence-corrected chi connectivity index (χ2v) is 8.50. The van der Waals surface area contributed by atoms with Crippen LogP contribution in [0.5, 0.6) is 0 Å². The quantitative estimate of drug-likeness (QED) is 0.571. The van der Waals surface area contributed by atoms with Crippen molar-refractivity contribution in [3.63, 3.8) is 0 Å². The number of carbonyl (C=O) groups is 1. The van der Waals surface area contributed by atoms with E-state index >= 15 is 0 Å². The number of carbonyl (C=O) groups excluding carboxylic acids is 1. The Kier molecular flexibility index (Phi) is 6.29. The first-order valence-electron chi connectivity index (χ1n) is 9.11. The van der Waals surface area contributed by atoms with Crippen LogP contribution >= 0.6 is 0 Å². The number of hydrogen-bond donors (Lipinski definition) is 2. The molecule has 3 rings (SSSR count). The van der Waals surface area contributed by atoms with Crippen molar-refractivity contribution >= 4 is 27.6 Å². The monoisotopic (exact) mass is 450 g/mol. The molecule has 0 saturated heterocycles. The first-order valence-corrected chi connectivity index (χ1v) is 10.6. The molecule has 0 aliphatic carbocycles. The van der Waals surface area contributed by atoms with Gasteiger partial charge >= 0.3 is 0 Å². The summed E-state index contributed by atoms with van der Waals surface area (Å²) in [5.74, 6) is -0.624. The summed E-state index contributed by atoms with van der Waals surface area (Å²) in [6.45, 7) is 4.59. The van der Waals surface area contributed by atoms with Crippen molar-refractivity contribution in [2.75, 3.05) is 10.0 Å². The number of amides is 1. The molecule has 0 aliphatic rings. The van der Waals surface area contributed by atoms with E-state index in [-0.39, 0.29) is 16.5 Å². The second kappa shape index (κ2) is 8.76. The van der Waals surface area contributed by atoms with Crippen LogP contribution in [-0.4, -0.2) is 34.1 Å². The summed E-state index contributed by atoms with van der Waals surface area (Å²) < 4.78 is 54.3. The van der Waals surface area contributed by atoms with Crippen molar-refractivity contribution < 1.29 is 22.0 Å². The van der Waals surface area contributed by atoms with Gasteiger partial charge in [-0.1, -0.05) is 0 Å². The molecule has 3 aromatic rings. The molecule has 0 spiro atoms. The van der Waals surface area contributed by atoms with Crippen molar-refractivity contribution in [3.8, 4) is 0 Å². The highest BCUT2D eigenvalue weighted by molar-refractivity contribution is 7.92. The number of nitrogens with one attached hydrogen (secondary N) is 2. The zero-order valence-electron chi connectivity index (χ0n) is 16.9. The van der Waals surface area contributed by atoms with E-state index in [1.165, 1.54) is 30.3 Å². The molecule has 0 saturated carbocycles. The summed E-state index contributed by atoms with van der Waals surface area (Å²) in [6, 6.07) is 8.29. The van der Waals surface area contributed by atoms with Crippen LogP contribution in [0.2, 0.25) is 0 Å². The fraction of sp³-hybridized carbons (Fsp3) is 0.263. The van der Waals surface area contributed by atoms with E-state index in [0.717, 1.165) is 4.68 Å². The maximum atomic E-state index is 13.0. The number of hydrogen-bond acceptors (Lipinski definition) is 6. The third-order valence-electron chi connectivity index (χ3n) is 4.11. The van der Waals surface area contributed by atoms with Crippen molar-refractivity contribution in [1.82, 2.24) is 19.7 Å². The van der Waals surface area contributed by atoms with E-state index in [1.54, 1.807) is 26.8 Å². The Balaban J connectivity index is 1.69. The van der Waals surface area contributed by atoms with Crippen LogP contribution in [0.1, 0.15) is 29.2 Å². The number of aryl methyl sites for hydroxylation is 3. The Bertz CT molecular complexity index is 1190. The molecule has 2 aromatic heterocycles. The topological polar surface area (TPSA) is 119 Å². The standard InChI is InChI=1S/C19H20F2N6O3S/c1-11-8-12(2)23-19(22-11)26-31(29,30)15-6-4-14(5-7-15)24-17(28)10-27-16(18(20)21)9-13(3)25-27/h4-9,18H,10H2,1-3H3,(H,24,28)(H,22,23,26). The fourth-order valence-corrected chi connectivity index (χ4v) is 3.82. The first kappa shape index (κ1) is 22.3. The first-order chi connectivity index (χ1) is 14.5. The Morgan fingerprint density at radius 3 is 2.23 bits per heavy atom. The van der Waals surface area contributed by atoms with Crippen LogP contribution < -0.4 is 10.0 Å². The second-order valence-electron chi connectivity index (χ2n) is 6.82. The molecule has 0 radical (unpaired) electrons. The van der Waals surface area contributed by atoms with Gasteiger partial charge in [0.25, 0.3) is 16.4 Å². The molecule has 2 heterocycles. The minimum absolute atomic E-state index is 0.0424. The van der Waals surface area contributed by atoms with E-state index in [0.29, 0.717) is 22.8 Å². The molecule has 164 valence electrons.